The maximum absolute atomic E-state index is 14.6. The zero-order chi connectivity index (χ0) is 31.3. The zero-order valence-corrected chi connectivity index (χ0v) is 22.3. The third-order valence-electron chi connectivity index (χ3n) is 7.78. The molecule has 0 spiro atoms. The van der Waals surface area contributed by atoms with Crippen LogP contribution in [0.5, 0.6) is 0 Å². The minimum absolute atomic E-state index is 0.0636. The van der Waals surface area contributed by atoms with Crippen LogP contribution in [0.1, 0.15) is 36.8 Å². The molecule has 2 aliphatic rings. The third kappa shape index (κ3) is 5.15. The monoisotopic (exact) mass is 625 g/mol. The van der Waals surface area contributed by atoms with Gasteiger partial charge in [-0.05, 0) is 55.5 Å². The molecule has 1 aliphatic carbocycles. The third-order valence-corrected chi connectivity index (χ3v) is 10.3. The van der Waals surface area contributed by atoms with Crippen LogP contribution < -0.4 is 0 Å². The molecule has 2 atom stereocenters. The van der Waals surface area contributed by atoms with E-state index in [-0.39, 0.29) is 55.5 Å². The Hall–Kier alpha value is -3.49. The molecule has 0 bridgehead atoms. The molecule has 0 aromatic heterocycles. The number of aliphatic carboxylic acids is 1. The number of sulfone groups is 1. The minimum atomic E-state index is -6.38. The second-order valence-electron chi connectivity index (χ2n) is 10.2. The summed E-state index contributed by atoms with van der Waals surface area (Å²) >= 11 is 0. The Bertz CT molecular complexity index is 1490. The topological polar surface area (TPSA) is 91.8 Å². The van der Waals surface area contributed by atoms with E-state index < -0.39 is 73.2 Å². The molecule has 4 rings (SSSR count). The summed E-state index contributed by atoms with van der Waals surface area (Å²) in [5, 5.41) is 9.18. The molecule has 0 radical (unpaired) electrons. The predicted octanol–water partition coefficient (Wildman–Crippen LogP) is 5.83. The zero-order valence-electron chi connectivity index (χ0n) is 21.5. The molecule has 2 aromatic carbocycles. The van der Waals surface area contributed by atoms with Crippen LogP contribution in [0, 0.1) is 11.7 Å². The van der Waals surface area contributed by atoms with Gasteiger partial charge >= 0.3 is 24.0 Å². The highest BCUT2D eigenvalue weighted by atomic mass is 32.2. The first-order valence-electron chi connectivity index (χ1n) is 12.5. The number of hydrogen-bond donors (Lipinski definition) is 1. The standard InChI is InChI=1S/C27H23F8NO5S/c28-20-9-11-21(12-10-20)42(40,41)24(13-14-36(15-24)22(37)16-1-3-17(4-2-16)23(38)39)18-5-7-19(8-6-18)25(29,26(30,31)32)27(33,34)35/h1,5-12,17H,2-4,13-15H2,(H,38,39)/t17?,24-/m0/s1. The molecule has 1 aliphatic heterocycles. The lowest BCUT2D eigenvalue weighted by molar-refractivity contribution is -0.348. The van der Waals surface area contributed by atoms with Gasteiger partial charge in [0.15, 0.2) is 9.84 Å². The van der Waals surface area contributed by atoms with Gasteiger partial charge in [0.1, 0.15) is 10.6 Å². The smallest absolute Gasteiger partial charge is 0.435 e. The number of carbonyl (C=O) groups is 2. The fourth-order valence-corrected chi connectivity index (χ4v) is 7.43. The summed E-state index contributed by atoms with van der Waals surface area (Å²) in [5.74, 6) is -3.13. The minimum Gasteiger partial charge on any atom is -0.481 e. The molecule has 15 heteroatoms. The van der Waals surface area contributed by atoms with Gasteiger partial charge in [-0.25, -0.2) is 17.2 Å². The summed E-state index contributed by atoms with van der Waals surface area (Å²) in [6, 6.07) is 5.26. The van der Waals surface area contributed by atoms with Gasteiger partial charge in [0.2, 0.25) is 5.91 Å². The maximum Gasteiger partial charge on any atom is 0.435 e. The molecule has 42 heavy (non-hydrogen) atoms. The van der Waals surface area contributed by atoms with Crippen LogP contribution in [-0.4, -0.2) is 55.7 Å². The van der Waals surface area contributed by atoms with Crippen molar-refractivity contribution in [3.05, 3.63) is 77.1 Å². The van der Waals surface area contributed by atoms with Gasteiger partial charge in [0.05, 0.1) is 10.8 Å². The highest BCUT2D eigenvalue weighted by Gasteiger charge is 2.73. The van der Waals surface area contributed by atoms with Crippen LogP contribution in [-0.2, 0) is 29.8 Å². The van der Waals surface area contributed by atoms with Crippen LogP contribution in [0.25, 0.3) is 0 Å². The number of amides is 1. The van der Waals surface area contributed by atoms with E-state index >= 15 is 0 Å². The number of allylic oxidation sites excluding steroid dienone is 1. The van der Waals surface area contributed by atoms with Crippen molar-refractivity contribution in [3.63, 3.8) is 0 Å². The number of halogens is 8. The van der Waals surface area contributed by atoms with Crippen LogP contribution in [0.2, 0.25) is 0 Å². The molecule has 1 heterocycles. The molecular weight excluding hydrogens is 602 g/mol. The Morgan fingerprint density at radius 3 is 1.95 bits per heavy atom. The molecular formula is C27H23F8NO5S. The van der Waals surface area contributed by atoms with Gasteiger partial charge in [-0.3, -0.25) is 9.59 Å². The van der Waals surface area contributed by atoms with Gasteiger partial charge in [0, 0.05) is 24.2 Å². The molecule has 1 N–H and O–H groups in total. The SMILES string of the molecule is O=C(O)C1CC=C(C(=O)N2CC[C@](c3ccc(C(F)(C(F)(F)F)C(F)(F)F)cc3)(S(=O)(=O)c3ccc(F)cc3)C2)CC1. The Balaban J connectivity index is 1.78. The Labute approximate surface area is 234 Å². The lowest BCUT2D eigenvalue weighted by Gasteiger charge is -2.32. The Kier molecular flexibility index (Phi) is 7.98. The van der Waals surface area contributed by atoms with Crippen molar-refractivity contribution >= 4 is 21.7 Å². The van der Waals surface area contributed by atoms with E-state index in [0.717, 1.165) is 29.2 Å². The van der Waals surface area contributed by atoms with Crippen LogP contribution in [0.15, 0.2) is 65.1 Å². The fourth-order valence-electron chi connectivity index (χ4n) is 5.35. The highest BCUT2D eigenvalue weighted by molar-refractivity contribution is 7.92. The quantitative estimate of drug-likeness (QED) is 0.323. The van der Waals surface area contributed by atoms with Gasteiger partial charge in [-0.2, -0.15) is 26.3 Å². The Morgan fingerprint density at radius 1 is 0.905 bits per heavy atom. The number of carboxylic acids is 1. The Morgan fingerprint density at radius 2 is 1.48 bits per heavy atom. The summed E-state index contributed by atoms with van der Waals surface area (Å²) < 4.78 is 134. The molecule has 1 fully saturated rings. The van der Waals surface area contributed by atoms with E-state index in [9.17, 15) is 58.2 Å². The second-order valence-corrected chi connectivity index (χ2v) is 12.5. The first-order chi connectivity index (χ1) is 19.3. The van der Waals surface area contributed by atoms with Crippen LogP contribution in [0.3, 0.4) is 0 Å². The number of rotatable bonds is 6. The second kappa shape index (κ2) is 10.7. The summed E-state index contributed by atoms with van der Waals surface area (Å²) in [7, 11) is -4.59. The highest BCUT2D eigenvalue weighted by Crippen LogP contribution is 2.54. The largest absolute Gasteiger partial charge is 0.481 e. The van der Waals surface area contributed by atoms with Crippen molar-refractivity contribution in [1.82, 2.24) is 4.90 Å². The van der Waals surface area contributed by atoms with Crippen molar-refractivity contribution in [3.8, 4) is 0 Å². The molecule has 2 aromatic rings. The molecule has 228 valence electrons. The van der Waals surface area contributed by atoms with Crippen molar-refractivity contribution in [2.45, 2.75) is 53.3 Å². The van der Waals surface area contributed by atoms with Crippen LogP contribution >= 0.6 is 0 Å². The number of carbonyl (C=O) groups excluding carboxylic acids is 1. The average Bonchev–Trinajstić information content (AvgIpc) is 3.39. The number of benzene rings is 2. The number of hydrogen-bond acceptors (Lipinski definition) is 4. The number of nitrogens with zero attached hydrogens (tertiary/aromatic N) is 1. The van der Waals surface area contributed by atoms with Gasteiger partial charge < -0.3 is 10.0 Å². The van der Waals surface area contributed by atoms with E-state index in [0.29, 0.717) is 12.1 Å². The van der Waals surface area contributed by atoms with Crippen molar-refractivity contribution in [2.75, 3.05) is 13.1 Å². The summed E-state index contributed by atoms with van der Waals surface area (Å²) in [6.45, 7) is -0.775. The van der Waals surface area contributed by atoms with E-state index in [1.54, 1.807) is 0 Å². The first kappa shape index (κ1) is 31.4. The summed E-state index contributed by atoms with van der Waals surface area (Å²) in [5.41, 5.74) is -7.62. The normalized spacial score (nSPS) is 22.1. The molecule has 0 saturated carbocycles. The van der Waals surface area contributed by atoms with Crippen molar-refractivity contribution in [2.24, 2.45) is 5.92 Å². The van der Waals surface area contributed by atoms with Crippen molar-refractivity contribution in [1.29, 1.82) is 0 Å². The summed E-state index contributed by atoms with van der Waals surface area (Å²) in [4.78, 5) is 25.2. The fraction of sp³-hybridized carbons (Fsp3) is 0.407. The van der Waals surface area contributed by atoms with Crippen molar-refractivity contribution < 1.29 is 58.2 Å². The number of carboxylic acid groups (broad SMARTS) is 1. The number of likely N-dealkylation sites (tertiary alicyclic amines) is 1. The van der Waals surface area contributed by atoms with E-state index in [4.69, 9.17) is 0 Å². The first-order valence-corrected chi connectivity index (χ1v) is 14.0. The van der Waals surface area contributed by atoms with Crippen LogP contribution in [0.4, 0.5) is 35.1 Å². The van der Waals surface area contributed by atoms with Gasteiger partial charge in [-0.1, -0.05) is 30.3 Å². The maximum atomic E-state index is 14.6. The molecule has 1 unspecified atom stereocenters. The van der Waals surface area contributed by atoms with E-state index in [1.165, 1.54) is 6.08 Å². The summed E-state index contributed by atoms with van der Waals surface area (Å²) in [6.07, 6.45) is -11.4. The van der Waals surface area contributed by atoms with E-state index in [2.05, 4.69) is 0 Å². The number of alkyl halides is 7. The lowest BCUT2D eigenvalue weighted by atomic mass is 9.89. The predicted molar refractivity (Wildman–Crippen MR) is 131 cm³/mol. The molecule has 6 nitrogen and oxygen atoms in total. The van der Waals surface area contributed by atoms with E-state index in [1.807, 2.05) is 0 Å². The average molecular weight is 626 g/mol. The molecule has 1 amide bonds. The lowest BCUT2D eigenvalue weighted by Crippen LogP contribution is -2.50. The van der Waals surface area contributed by atoms with Gasteiger partial charge in [0.25, 0.3) is 0 Å². The van der Waals surface area contributed by atoms with Gasteiger partial charge in [-0.15, -0.1) is 0 Å². The molecule has 1 saturated heterocycles.